The number of para-hydroxylation sites is 1. The summed E-state index contributed by atoms with van der Waals surface area (Å²) >= 11 is 0. The molecule has 30 heavy (non-hydrogen) atoms. The number of carbonyl (C=O) groups is 2. The molecule has 5 heteroatoms. The zero-order chi connectivity index (χ0) is 21.3. The van der Waals surface area contributed by atoms with Crippen molar-refractivity contribution in [2.75, 3.05) is 19.7 Å². The van der Waals surface area contributed by atoms with E-state index < -0.39 is 0 Å². The Bertz CT molecular complexity index is 840. The van der Waals surface area contributed by atoms with Gasteiger partial charge in [0.05, 0.1) is 0 Å². The Hall–Kier alpha value is -2.82. The SMILES string of the molecule is CCc1ccccc1OCC(=O)N1CCC(NC(=O)CCc2ccc(C)cc2)CC1. The highest BCUT2D eigenvalue weighted by molar-refractivity contribution is 5.78. The summed E-state index contributed by atoms with van der Waals surface area (Å²) < 4.78 is 5.75. The number of likely N-dealkylation sites (tertiary alicyclic amines) is 1. The van der Waals surface area contributed by atoms with Crippen LogP contribution in [0.15, 0.2) is 48.5 Å². The molecule has 0 saturated carbocycles. The highest BCUT2D eigenvalue weighted by Gasteiger charge is 2.24. The number of carbonyl (C=O) groups excluding carboxylic acids is 2. The van der Waals surface area contributed by atoms with Crippen LogP contribution in [-0.4, -0.2) is 42.5 Å². The van der Waals surface area contributed by atoms with E-state index in [0.717, 1.165) is 37.0 Å². The molecule has 0 radical (unpaired) electrons. The van der Waals surface area contributed by atoms with Crippen molar-refractivity contribution in [3.8, 4) is 5.75 Å². The Balaban J connectivity index is 1.37. The fourth-order valence-corrected chi connectivity index (χ4v) is 3.75. The predicted molar refractivity (Wildman–Crippen MR) is 119 cm³/mol. The number of hydrogen-bond acceptors (Lipinski definition) is 3. The lowest BCUT2D eigenvalue weighted by atomic mass is 10.0. The molecular formula is C25H32N2O3. The third-order valence-corrected chi connectivity index (χ3v) is 5.68. The van der Waals surface area contributed by atoms with Crippen molar-refractivity contribution < 1.29 is 14.3 Å². The lowest BCUT2D eigenvalue weighted by Crippen LogP contribution is -2.47. The topological polar surface area (TPSA) is 58.6 Å². The molecule has 1 N–H and O–H groups in total. The number of ether oxygens (including phenoxy) is 1. The van der Waals surface area contributed by atoms with Crippen LogP contribution in [0.25, 0.3) is 0 Å². The van der Waals surface area contributed by atoms with Crippen molar-refractivity contribution >= 4 is 11.8 Å². The van der Waals surface area contributed by atoms with Gasteiger partial charge in [-0.15, -0.1) is 0 Å². The fourth-order valence-electron chi connectivity index (χ4n) is 3.75. The Kier molecular flexibility index (Phi) is 7.89. The van der Waals surface area contributed by atoms with Gasteiger partial charge in [-0.05, 0) is 49.8 Å². The molecule has 1 aliphatic heterocycles. The van der Waals surface area contributed by atoms with Crippen molar-refractivity contribution in [2.45, 2.75) is 52.0 Å². The first-order chi connectivity index (χ1) is 14.5. The normalized spacial score (nSPS) is 14.4. The van der Waals surface area contributed by atoms with Crippen LogP contribution < -0.4 is 10.1 Å². The van der Waals surface area contributed by atoms with Crippen molar-refractivity contribution in [1.29, 1.82) is 0 Å². The van der Waals surface area contributed by atoms with Gasteiger partial charge >= 0.3 is 0 Å². The van der Waals surface area contributed by atoms with E-state index in [1.165, 1.54) is 11.1 Å². The maximum absolute atomic E-state index is 12.5. The van der Waals surface area contributed by atoms with E-state index in [0.29, 0.717) is 19.5 Å². The van der Waals surface area contributed by atoms with Crippen molar-refractivity contribution in [3.05, 3.63) is 65.2 Å². The molecule has 1 saturated heterocycles. The largest absolute Gasteiger partial charge is 0.483 e. The smallest absolute Gasteiger partial charge is 0.260 e. The van der Waals surface area contributed by atoms with E-state index in [1.54, 1.807) is 0 Å². The maximum Gasteiger partial charge on any atom is 0.260 e. The number of piperidine rings is 1. The third-order valence-electron chi connectivity index (χ3n) is 5.68. The van der Waals surface area contributed by atoms with E-state index in [9.17, 15) is 9.59 Å². The van der Waals surface area contributed by atoms with E-state index in [4.69, 9.17) is 4.74 Å². The highest BCUT2D eigenvalue weighted by atomic mass is 16.5. The Morgan fingerprint density at radius 2 is 1.77 bits per heavy atom. The van der Waals surface area contributed by atoms with Gasteiger partial charge in [0, 0.05) is 25.6 Å². The molecule has 0 atom stereocenters. The summed E-state index contributed by atoms with van der Waals surface area (Å²) in [5.74, 6) is 0.869. The van der Waals surface area contributed by atoms with Crippen molar-refractivity contribution in [3.63, 3.8) is 0 Å². The molecule has 5 nitrogen and oxygen atoms in total. The van der Waals surface area contributed by atoms with Crippen LogP contribution in [0.4, 0.5) is 0 Å². The molecule has 1 aliphatic rings. The van der Waals surface area contributed by atoms with Crippen LogP contribution in [0, 0.1) is 6.92 Å². The van der Waals surface area contributed by atoms with Gasteiger partial charge in [0.2, 0.25) is 5.91 Å². The first-order valence-electron chi connectivity index (χ1n) is 10.9. The molecule has 0 unspecified atom stereocenters. The molecule has 2 aromatic carbocycles. The Morgan fingerprint density at radius 1 is 1.07 bits per heavy atom. The summed E-state index contributed by atoms with van der Waals surface area (Å²) in [5.41, 5.74) is 3.52. The second kappa shape index (κ2) is 10.8. The van der Waals surface area contributed by atoms with Crippen LogP contribution in [0.3, 0.4) is 0 Å². The molecule has 3 rings (SSSR count). The number of rotatable bonds is 8. The molecule has 0 aliphatic carbocycles. The van der Waals surface area contributed by atoms with Crippen molar-refractivity contribution in [1.82, 2.24) is 10.2 Å². The van der Waals surface area contributed by atoms with Crippen LogP contribution in [0.5, 0.6) is 5.75 Å². The lowest BCUT2D eigenvalue weighted by Gasteiger charge is -2.32. The highest BCUT2D eigenvalue weighted by Crippen LogP contribution is 2.19. The van der Waals surface area contributed by atoms with Gasteiger partial charge in [-0.25, -0.2) is 0 Å². The quantitative estimate of drug-likeness (QED) is 0.725. The van der Waals surface area contributed by atoms with Gasteiger partial charge < -0.3 is 15.0 Å². The second-order valence-electron chi connectivity index (χ2n) is 7.96. The monoisotopic (exact) mass is 408 g/mol. The van der Waals surface area contributed by atoms with E-state index in [-0.39, 0.29) is 24.5 Å². The fraction of sp³-hybridized carbons (Fsp3) is 0.440. The molecule has 1 heterocycles. The summed E-state index contributed by atoms with van der Waals surface area (Å²) in [6.45, 7) is 5.50. The maximum atomic E-state index is 12.5. The minimum atomic E-state index is 0.00468. The van der Waals surface area contributed by atoms with Gasteiger partial charge in [0.1, 0.15) is 5.75 Å². The lowest BCUT2D eigenvalue weighted by molar-refractivity contribution is -0.134. The number of hydrogen-bond donors (Lipinski definition) is 1. The number of amides is 2. The van der Waals surface area contributed by atoms with Gasteiger partial charge in [-0.1, -0.05) is 55.0 Å². The Labute approximate surface area is 179 Å². The van der Waals surface area contributed by atoms with Crippen LogP contribution in [0.2, 0.25) is 0 Å². The van der Waals surface area contributed by atoms with Crippen LogP contribution >= 0.6 is 0 Å². The van der Waals surface area contributed by atoms with Gasteiger partial charge in [0.15, 0.2) is 6.61 Å². The number of benzene rings is 2. The molecular weight excluding hydrogens is 376 g/mol. The first kappa shape index (κ1) is 21.9. The average Bonchev–Trinajstić information content (AvgIpc) is 2.77. The standard InChI is InChI=1S/C25H32N2O3/c1-3-21-6-4-5-7-23(21)30-18-25(29)27-16-14-22(15-17-27)26-24(28)13-12-20-10-8-19(2)9-11-20/h4-11,22H,3,12-18H2,1-2H3,(H,26,28). The van der Waals surface area contributed by atoms with Gasteiger partial charge in [-0.3, -0.25) is 9.59 Å². The zero-order valence-corrected chi connectivity index (χ0v) is 18.0. The zero-order valence-electron chi connectivity index (χ0n) is 18.0. The molecule has 1 fully saturated rings. The van der Waals surface area contributed by atoms with E-state index in [1.807, 2.05) is 29.2 Å². The van der Waals surface area contributed by atoms with E-state index in [2.05, 4.69) is 43.4 Å². The van der Waals surface area contributed by atoms with Gasteiger partial charge in [-0.2, -0.15) is 0 Å². The number of aryl methyl sites for hydroxylation is 3. The molecule has 160 valence electrons. The summed E-state index contributed by atoms with van der Waals surface area (Å²) in [4.78, 5) is 26.6. The number of nitrogens with zero attached hydrogens (tertiary/aromatic N) is 1. The Morgan fingerprint density at radius 3 is 2.47 bits per heavy atom. The average molecular weight is 409 g/mol. The molecule has 0 spiro atoms. The summed E-state index contributed by atoms with van der Waals surface area (Å²) in [5, 5.41) is 3.12. The second-order valence-corrected chi connectivity index (χ2v) is 7.96. The first-order valence-corrected chi connectivity index (χ1v) is 10.9. The summed E-state index contributed by atoms with van der Waals surface area (Å²) in [6, 6.07) is 16.3. The predicted octanol–water partition coefficient (Wildman–Crippen LogP) is 3.68. The summed E-state index contributed by atoms with van der Waals surface area (Å²) in [6.07, 6.45) is 3.69. The molecule has 0 aromatic heterocycles. The van der Waals surface area contributed by atoms with Gasteiger partial charge in [0.25, 0.3) is 5.91 Å². The van der Waals surface area contributed by atoms with Crippen LogP contribution in [-0.2, 0) is 22.4 Å². The van der Waals surface area contributed by atoms with Crippen LogP contribution in [0.1, 0.15) is 42.9 Å². The molecule has 2 aromatic rings. The molecule has 0 bridgehead atoms. The molecule has 2 amide bonds. The van der Waals surface area contributed by atoms with Crippen molar-refractivity contribution in [2.24, 2.45) is 0 Å². The number of nitrogens with one attached hydrogen (secondary N) is 1. The minimum absolute atomic E-state index is 0.00468. The third kappa shape index (κ3) is 6.34. The minimum Gasteiger partial charge on any atom is -0.483 e. The summed E-state index contributed by atoms with van der Waals surface area (Å²) in [7, 11) is 0. The van der Waals surface area contributed by atoms with E-state index >= 15 is 0 Å².